The standard InChI is InChI=1S/C23H24FN3OS/c24-20-10-8-17(9-11-20)15-27-13-4-7-19(16-27)21(23-25-12-14-29-23)26-22(28)18-5-2-1-3-6-18/h1-3,5-6,8-12,14,19,21H,4,7,13,15-16H2,(H,26,28)/t19-,21-/m0/s1. The molecule has 3 aromatic rings. The minimum Gasteiger partial charge on any atom is -0.342 e. The molecule has 150 valence electrons. The number of amides is 1. The Kier molecular flexibility index (Phi) is 6.32. The molecule has 1 aliphatic rings. The topological polar surface area (TPSA) is 45.2 Å². The summed E-state index contributed by atoms with van der Waals surface area (Å²) in [6, 6.07) is 15.9. The van der Waals surface area contributed by atoms with Gasteiger partial charge in [0.1, 0.15) is 10.8 Å². The number of nitrogens with one attached hydrogen (secondary N) is 1. The van der Waals surface area contributed by atoms with Gasteiger partial charge in [-0.05, 0) is 55.1 Å². The molecule has 2 atom stereocenters. The van der Waals surface area contributed by atoms with E-state index in [1.165, 1.54) is 12.1 Å². The minimum absolute atomic E-state index is 0.0681. The third-order valence-corrected chi connectivity index (χ3v) is 6.23. The van der Waals surface area contributed by atoms with E-state index >= 15 is 0 Å². The van der Waals surface area contributed by atoms with Gasteiger partial charge in [0.05, 0.1) is 6.04 Å². The number of nitrogens with zero attached hydrogens (tertiary/aromatic N) is 2. The van der Waals surface area contributed by atoms with E-state index in [1.807, 2.05) is 47.8 Å². The fourth-order valence-corrected chi connectivity index (χ4v) is 4.72. The first-order valence-corrected chi connectivity index (χ1v) is 10.8. The van der Waals surface area contributed by atoms with Gasteiger partial charge in [-0.3, -0.25) is 9.69 Å². The highest BCUT2D eigenvalue weighted by Crippen LogP contribution is 2.32. The van der Waals surface area contributed by atoms with Crippen LogP contribution in [0, 0.1) is 11.7 Å². The van der Waals surface area contributed by atoms with Crippen molar-refractivity contribution >= 4 is 17.2 Å². The Morgan fingerprint density at radius 2 is 2.00 bits per heavy atom. The van der Waals surface area contributed by atoms with Crippen LogP contribution in [0.25, 0.3) is 0 Å². The molecule has 0 bridgehead atoms. The molecular weight excluding hydrogens is 385 g/mol. The minimum atomic E-state index is -0.210. The smallest absolute Gasteiger partial charge is 0.251 e. The zero-order valence-electron chi connectivity index (χ0n) is 16.1. The van der Waals surface area contributed by atoms with E-state index in [0.717, 1.165) is 43.0 Å². The van der Waals surface area contributed by atoms with Gasteiger partial charge in [-0.2, -0.15) is 0 Å². The van der Waals surface area contributed by atoms with Gasteiger partial charge in [0.15, 0.2) is 0 Å². The highest BCUT2D eigenvalue weighted by molar-refractivity contribution is 7.09. The molecule has 29 heavy (non-hydrogen) atoms. The van der Waals surface area contributed by atoms with Gasteiger partial charge < -0.3 is 5.32 Å². The largest absolute Gasteiger partial charge is 0.342 e. The number of rotatable bonds is 6. The van der Waals surface area contributed by atoms with Crippen LogP contribution in [0.3, 0.4) is 0 Å². The summed E-state index contributed by atoms with van der Waals surface area (Å²) < 4.78 is 13.2. The highest BCUT2D eigenvalue weighted by Gasteiger charge is 2.31. The van der Waals surface area contributed by atoms with Crippen LogP contribution >= 0.6 is 11.3 Å². The zero-order valence-corrected chi connectivity index (χ0v) is 16.9. The van der Waals surface area contributed by atoms with E-state index < -0.39 is 0 Å². The number of hydrogen-bond acceptors (Lipinski definition) is 4. The van der Waals surface area contributed by atoms with Crippen molar-refractivity contribution in [2.75, 3.05) is 13.1 Å². The van der Waals surface area contributed by atoms with Crippen molar-refractivity contribution in [3.05, 3.63) is 88.1 Å². The Morgan fingerprint density at radius 1 is 1.21 bits per heavy atom. The number of piperidine rings is 1. The number of aromatic nitrogens is 1. The van der Waals surface area contributed by atoms with Crippen LogP contribution in [0.4, 0.5) is 4.39 Å². The molecule has 1 aliphatic heterocycles. The van der Waals surface area contributed by atoms with Crippen molar-refractivity contribution in [2.24, 2.45) is 5.92 Å². The molecule has 2 aromatic carbocycles. The van der Waals surface area contributed by atoms with E-state index in [-0.39, 0.29) is 23.7 Å². The molecule has 2 heterocycles. The molecular formula is C23H24FN3OS. The predicted molar refractivity (Wildman–Crippen MR) is 113 cm³/mol. The van der Waals surface area contributed by atoms with E-state index in [4.69, 9.17) is 0 Å². The maximum Gasteiger partial charge on any atom is 0.251 e. The van der Waals surface area contributed by atoms with Crippen molar-refractivity contribution in [2.45, 2.75) is 25.4 Å². The van der Waals surface area contributed by atoms with Crippen LogP contribution < -0.4 is 5.32 Å². The van der Waals surface area contributed by atoms with Gasteiger partial charge in [-0.1, -0.05) is 30.3 Å². The van der Waals surface area contributed by atoms with Crippen LogP contribution in [-0.2, 0) is 6.54 Å². The van der Waals surface area contributed by atoms with E-state index in [2.05, 4.69) is 15.2 Å². The lowest BCUT2D eigenvalue weighted by Crippen LogP contribution is -2.42. The summed E-state index contributed by atoms with van der Waals surface area (Å²) in [7, 11) is 0. The molecule has 1 amide bonds. The summed E-state index contributed by atoms with van der Waals surface area (Å²) in [6.07, 6.45) is 3.90. The van der Waals surface area contributed by atoms with Gasteiger partial charge in [0, 0.05) is 30.2 Å². The molecule has 0 unspecified atom stereocenters. The van der Waals surface area contributed by atoms with Gasteiger partial charge >= 0.3 is 0 Å². The Bertz CT molecular complexity index is 915. The number of hydrogen-bond donors (Lipinski definition) is 1. The maximum absolute atomic E-state index is 13.2. The second kappa shape index (κ2) is 9.29. The van der Waals surface area contributed by atoms with Gasteiger partial charge in [0.25, 0.3) is 5.91 Å². The molecule has 6 heteroatoms. The third kappa shape index (κ3) is 5.08. The molecule has 1 fully saturated rings. The lowest BCUT2D eigenvalue weighted by Gasteiger charge is -2.36. The zero-order chi connectivity index (χ0) is 20.1. The van der Waals surface area contributed by atoms with Crippen LogP contribution in [-0.4, -0.2) is 28.9 Å². The lowest BCUT2D eigenvalue weighted by atomic mass is 9.90. The third-order valence-electron chi connectivity index (χ3n) is 5.37. The summed E-state index contributed by atoms with van der Waals surface area (Å²) in [6.45, 7) is 2.66. The Balaban J connectivity index is 1.48. The predicted octanol–water partition coefficient (Wildman–Crippen LogP) is 4.67. The first-order chi connectivity index (χ1) is 14.2. The number of halogens is 1. The van der Waals surface area contributed by atoms with Gasteiger partial charge in [-0.15, -0.1) is 11.3 Å². The summed E-state index contributed by atoms with van der Waals surface area (Å²) >= 11 is 1.58. The Hall–Kier alpha value is -2.57. The van der Waals surface area contributed by atoms with Crippen LogP contribution in [0.5, 0.6) is 0 Å². The molecule has 0 saturated carbocycles. The summed E-state index contributed by atoms with van der Waals surface area (Å²) in [5.41, 5.74) is 1.76. The van der Waals surface area contributed by atoms with Crippen molar-refractivity contribution in [3.8, 4) is 0 Å². The highest BCUT2D eigenvalue weighted by atomic mass is 32.1. The number of benzene rings is 2. The van der Waals surface area contributed by atoms with Crippen LogP contribution in [0.2, 0.25) is 0 Å². The lowest BCUT2D eigenvalue weighted by molar-refractivity contribution is 0.0878. The Morgan fingerprint density at radius 3 is 2.72 bits per heavy atom. The second-order valence-corrected chi connectivity index (χ2v) is 8.38. The van der Waals surface area contributed by atoms with Crippen molar-refractivity contribution in [1.82, 2.24) is 15.2 Å². The normalized spacial score (nSPS) is 18.3. The van der Waals surface area contributed by atoms with E-state index in [0.29, 0.717) is 5.56 Å². The quantitative estimate of drug-likeness (QED) is 0.644. The fourth-order valence-electron chi connectivity index (χ4n) is 3.94. The van der Waals surface area contributed by atoms with Gasteiger partial charge in [-0.25, -0.2) is 9.37 Å². The number of carbonyl (C=O) groups excluding carboxylic acids is 1. The molecule has 0 radical (unpaired) electrons. The van der Waals surface area contributed by atoms with Crippen molar-refractivity contribution in [1.29, 1.82) is 0 Å². The van der Waals surface area contributed by atoms with Crippen LogP contribution in [0.15, 0.2) is 66.2 Å². The molecule has 0 spiro atoms. The van der Waals surface area contributed by atoms with E-state index in [9.17, 15) is 9.18 Å². The molecule has 1 aromatic heterocycles. The molecule has 4 nitrogen and oxygen atoms in total. The molecule has 1 saturated heterocycles. The summed E-state index contributed by atoms with van der Waals surface area (Å²) in [5.74, 6) is 0.00203. The average Bonchev–Trinajstić information content (AvgIpc) is 3.29. The fraction of sp³-hybridized carbons (Fsp3) is 0.304. The van der Waals surface area contributed by atoms with Crippen molar-refractivity contribution in [3.63, 3.8) is 0 Å². The number of likely N-dealkylation sites (tertiary alicyclic amines) is 1. The number of carbonyl (C=O) groups is 1. The monoisotopic (exact) mass is 409 g/mol. The maximum atomic E-state index is 13.2. The summed E-state index contributed by atoms with van der Waals surface area (Å²) in [5, 5.41) is 6.13. The number of thiazole rings is 1. The van der Waals surface area contributed by atoms with Crippen LogP contribution in [0.1, 0.15) is 39.8 Å². The van der Waals surface area contributed by atoms with E-state index in [1.54, 1.807) is 17.5 Å². The molecule has 0 aliphatic carbocycles. The second-order valence-electron chi connectivity index (χ2n) is 7.45. The SMILES string of the molecule is O=C(N[C@H](c1nccs1)[C@H]1CCCN(Cc2ccc(F)cc2)C1)c1ccccc1. The first kappa shape index (κ1) is 19.7. The molecule has 4 rings (SSSR count). The van der Waals surface area contributed by atoms with Gasteiger partial charge in [0.2, 0.25) is 0 Å². The average molecular weight is 410 g/mol. The first-order valence-electron chi connectivity index (χ1n) is 9.91. The molecule has 1 N–H and O–H groups in total. The Labute approximate surface area is 174 Å². The summed E-state index contributed by atoms with van der Waals surface area (Å²) in [4.78, 5) is 19.7. The van der Waals surface area contributed by atoms with Crippen molar-refractivity contribution < 1.29 is 9.18 Å².